The molecular formula is C21H18ClN3O2S. The van der Waals surface area contributed by atoms with E-state index in [1.807, 2.05) is 38.2 Å². The lowest BCUT2D eigenvalue weighted by molar-refractivity contribution is -0.115. The smallest absolute Gasteiger partial charge is 0.265 e. The first-order valence-corrected chi connectivity index (χ1v) is 9.51. The number of aliphatic hydroxyl groups is 1. The van der Waals surface area contributed by atoms with Crippen LogP contribution in [0.1, 0.15) is 11.3 Å². The topological polar surface area (TPSA) is 57.5 Å². The Bertz CT molecular complexity index is 1130. The molecule has 7 heteroatoms. The van der Waals surface area contributed by atoms with Crippen LogP contribution in [0.5, 0.6) is 0 Å². The quantitative estimate of drug-likeness (QED) is 0.498. The number of carbonyl (C=O) groups is 1. The van der Waals surface area contributed by atoms with Gasteiger partial charge in [0.15, 0.2) is 11.3 Å². The number of nitrogens with one attached hydrogen (secondary N) is 1. The lowest BCUT2D eigenvalue weighted by Crippen LogP contribution is -2.56. The normalized spacial score (nSPS) is 18.8. The molecular weight excluding hydrogens is 394 g/mol. The standard InChI is InChI=1S/C21H18ClN3O2S/c1-12-16(15-5-3-4-6-18(15)24(12)2)11-17-19(26)23-21(28)25(20(17)27)14-9-7-13(22)8-10-14/h3-11,19,26H,1-2H3,(H,23,28)/b17-11+. The van der Waals surface area contributed by atoms with E-state index in [-0.39, 0.29) is 16.6 Å². The van der Waals surface area contributed by atoms with Crippen LogP contribution in [0.25, 0.3) is 17.0 Å². The summed E-state index contributed by atoms with van der Waals surface area (Å²) in [6, 6.07) is 14.8. The van der Waals surface area contributed by atoms with Crippen LogP contribution in [0.15, 0.2) is 54.1 Å². The third-order valence-electron chi connectivity index (χ3n) is 5.04. The van der Waals surface area contributed by atoms with Gasteiger partial charge in [0.1, 0.15) is 0 Å². The number of thiocarbonyl (C=S) groups is 1. The van der Waals surface area contributed by atoms with E-state index >= 15 is 0 Å². The van der Waals surface area contributed by atoms with Gasteiger partial charge in [-0.1, -0.05) is 29.8 Å². The highest BCUT2D eigenvalue weighted by Gasteiger charge is 2.34. The van der Waals surface area contributed by atoms with Gasteiger partial charge in [0, 0.05) is 34.2 Å². The average molecular weight is 412 g/mol. The second kappa shape index (κ2) is 7.05. The van der Waals surface area contributed by atoms with Crippen molar-refractivity contribution in [2.75, 3.05) is 4.90 Å². The summed E-state index contributed by atoms with van der Waals surface area (Å²) in [7, 11) is 1.98. The Balaban J connectivity index is 1.83. The van der Waals surface area contributed by atoms with Crippen LogP contribution in [-0.2, 0) is 11.8 Å². The minimum Gasteiger partial charge on any atom is -0.369 e. The van der Waals surface area contributed by atoms with Crippen molar-refractivity contribution in [3.05, 3.63) is 70.4 Å². The maximum Gasteiger partial charge on any atom is 0.265 e. The van der Waals surface area contributed by atoms with Gasteiger partial charge in [-0.15, -0.1) is 0 Å². The number of halogens is 1. The molecule has 4 rings (SSSR count). The Morgan fingerprint density at radius 2 is 1.86 bits per heavy atom. The van der Waals surface area contributed by atoms with Gasteiger partial charge in [-0.3, -0.25) is 9.69 Å². The number of hydrogen-bond donors (Lipinski definition) is 2. The Kier molecular flexibility index (Phi) is 4.71. The first-order valence-electron chi connectivity index (χ1n) is 8.72. The van der Waals surface area contributed by atoms with E-state index in [2.05, 4.69) is 9.88 Å². The molecule has 1 aromatic heterocycles. The molecule has 1 atom stereocenters. The number of fused-ring (bicyclic) bond motifs is 1. The molecule has 2 heterocycles. The van der Waals surface area contributed by atoms with E-state index in [0.717, 1.165) is 22.2 Å². The second-order valence-electron chi connectivity index (χ2n) is 6.64. The molecule has 0 spiro atoms. The number of rotatable bonds is 2. The SMILES string of the molecule is Cc1c(/C=C2/C(=O)N(c3ccc(Cl)cc3)C(=S)NC2O)c2ccccc2n1C. The molecule has 1 fully saturated rings. The zero-order valence-electron chi connectivity index (χ0n) is 15.3. The highest BCUT2D eigenvalue weighted by atomic mass is 35.5. The monoisotopic (exact) mass is 411 g/mol. The maximum absolute atomic E-state index is 13.2. The van der Waals surface area contributed by atoms with Crippen molar-refractivity contribution in [1.82, 2.24) is 9.88 Å². The average Bonchev–Trinajstić information content (AvgIpc) is 2.91. The highest BCUT2D eigenvalue weighted by Crippen LogP contribution is 2.30. The predicted octanol–water partition coefficient (Wildman–Crippen LogP) is 3.76. The van der Waals surface area contributed by atoms with Crippen LogP contribution in [0.2, 0.25) is 5.02 Å². The Morgan fingerprint density at radius 1 is 1.18 bits per heavy atom. The molecule has 1 aliphatic heterocycles. The van der Waals surface area contributed by atoms with E-state index in [9.17, 15) is 9.90 Å². The molecule has 1 saturated heterocycles. The summed E-state index contributed by atoms with van der Waals surface area (Å²) in [5.74, 6) is -0.370. The molecule has 3 aromatic rings. The van der Waals surface area contributed by atoms with E-state index in [4.69, 9.17) is 23.8 Å². The number of benzene rings is 2. The fourth-order valence-electron chi connectivity index (χ4n) is 3.45. The largest absolute Gasteiger partial charge is 0.369 e. The molecule has 1 unspecified atom stereocenters. The third kappa shape index (κ3) is 2.99. The second-order valence-corrected chi connectivity index (χ2v) is 7.47. The minimum atomic E-state index is -1.18. The number of carbonyl (C=O) groups excluding carboxylic acids is 1. The van der Waals surface area contributed by atoms with Crippen molar-refractivity contribution in [1.29, 1.82) is 0 Å². The lowest BCUT2D eigenvalue weighted by atomic mass is 10.0. The van der Waals surface area contributed by atoms with Gasteiger partial charge in [-0.05, 0) is 55.5 Å². The van der Waals surface area contributed by atoms with Crippen LogP contribution in [0.3, 0.4) is 0 Å². The van der Waals surface area contributed by atoms with E-state index < -0.39 is 6.23 Å². The highest BCUT2D eigenvalue weighted by molar-refractivity contribution is 7.80. The number of amides is 1. The molecule has 28 heavy (non-hydrogen) atoms. The summed E-state index contributed by atoms with van der Waals surface area (Å²) in [6.07, 6.45) is 0.560. The zero-order chi connectivity index (χ0) is 20.0. The fraction of sp³-hybridized carbons (Fsp3) is 0.143. The number of hydrogen-bond acceptors (Lipinski definition) is 3. The van der Waals surface area contributed by atoms with Gasteiger partial charge in [0.25, 0.3) is 5.91 Å². The summed E-state index contributed by atoms with van der Waals surface area (Å²) < 4.78 is 2.07. The summed E-state index contributed by atoms with van der Waals surface area (Å²) in [5, 5.41) is 15.0. The van der Waals surface area contributed by atoms with E-state index in [1.165, 1.54) is 4.90 Å². The van der Waals surface area contributed by atoms with Gasteiger partial charge in [-0.25, -0.2) is 0 Å². The molecule has 1 aliphatic rings. The molecule has 5 nitrogen and oxygen atoms in total. The van der Waals surface area contributed by atoms with Crippen molar-refractivity contribution in [2.24, 2.45) is 7.05 Å². The summed E-state index contributed by atoms with van der Waals surface area (Å²) in [4.78, 5) is 14.6. The van der Waals surface area contributed by atoms with Crippen molar-refractivity contribution >= 4 is 57.5 Å². The summed E-state index contributed by atoms with van der Waals surface area (Å²) in [5.41, 5.74) is 3.76. The summed E-state index contributed by atoms with van der Waals surface area (Å²) >= 11 is 11.2. The molecule has 0 bridgehead atoms. The van der Waals surface area contributed by atoms with Gasteiger partial charge in [0.2, 0.25) is 0 Å². The first kappa shape index (κ1) is 18.7. The number of aryl methyl sites for hydroxylation is 1. The molecule has 2 N–H and O–H groups in total. The molecule has 0 aliphatic carbocycles. The minimum absolute atomic E-state index is 0.145. The first-order chi connectivity index (χ1) is 13.4. The molecule has 1 amide bonds. The van der Waals surface area contributed by atoms with Crippen LogP contribution in [0.4, 0.5) is 5.69 Å². The van der Waals surface area contributed by atoms with Crippen LogP contribution >= 0.6 is 23.8 Å². The number of nitrogens with zero attached hydrogens (tertiary/aromatic N) is 2. The van der Waals surface area contributed by atoms with Gasteiger partial charge >= 0.3 is 0 Å². The Morgan fingerprint density at radius 3 is 2.57 bits per heavy atom. The van der Waals surface area contributed by atoms with Crippen molar-refractivity contribution in [3.63, 3.8) is 0 Å². The van der Waals surface area contributed by atoms with Crippen LogP contribution < -0.4 is 10.2 Å². The number of anilines is 1. The van der Waals surface area contributed by atoms with Gasteiger partial charge in [0.05, 0.1) is 11.3 Å². The van der Waals surface area contributed by atoms with Gasteiger partial charge in [-0.2, -0.15) is 0 Å². The molecule has 0 saturated carbocycles. The maximum atomic E-state index is 13.2. The molecule has 142 valence electrons. The number of para-hydroxylation sites is 1. The third-order valence-corrected chi connectivity index (χ3v) is 5.59. The lowest BCUT2D eigenvalue weighted by Gasteiger charge is -2.33. The Labute approximate surface area is 172 Å². The molecule has 0 radical (unpaired) electrons. The van der Waals surface area contributed by atoms with Crippen LogP contribution in [-0.4, -0.2) is 26.9 Å². The molecule has 2 aromatic carbocycles. The number of aliphatic hydroxyl groups excluding tert-OH is 1. The number of aromatic nitrogens is 1. The van der Waals surface area contributed by atoms with Crippen molar-refractivity contribution in [3.8, 4) is 0 Å². The fourth-order valence-corrected chi connectivity index (χ4v) is 3.88. The Hall–Kier alpha value is -2.67. The summed E-state index contributed by atoms with van der Waals surface area (Å²) in [6.45, 7) is 1.99. The van der Waals surface area contributed by atoms with Gasteiger partial charge < -0.3 is 15.0 Å². The van der Waals surface area contributed by atoms with Crippen molar-refractivity contribution < 1.29 is 9.90 Å². The van der Waals surface area contributed by atoms with E-state index in [0.29, 0.717) is 10.7 Å². The zero-order valence-corrected chi connectivity index (χ0v) is 16.9. The van der Waals surface area contributed by atoms with Crippen LogP contribution in [0, 0.1) is 6.92 Å². The van der Waals surface area contributed by atoms with E-state index in [1.54, 1.807) is 30.3 Å². The predicted molar refractivity (Wildman–Crippen MR) is 116 cm³/mol. The van der Waals surface area contributed by atoms with Crippen molar-refractivity contribution in [2.45, 2.75) is 13.2 Å².